The third-order valence-electron chi connectivity index (χ3n) is 5.84. The van der Waals surface area contributed by atoms with Gasteiger partial charge in [0, 0.05) is 0 Å². The van der Waals surface area contributed by atoms with Crippen LogP contribution in [0.5, 0.6) is 0 Å². The number of halogens is 2. The van der Waals surface area contributed by atoms with Gasteiger partial charge in [-0.2, -0.15) is 34.9 Å². The molecule has 3 heteroatoms. The average Bonchev–Trinajstić information content (AvgIpc) is 3.53. The maximum absolute atomic E-state index is 3.16. The van der Waals surface area contributed by atoms with E-state index >= 15 is 0 Å². The Hall–Kier alpha value is -1.40. The Morgan fingerprint density at radius 1 is 0.824 bits per heavy atom. The molecule has 0 N–H and O–H groups in total. The fraction of sp³-hybridized carbons (Fsp3) is 0.290. The Labute approximate surface area is 234 Å². The summed E-state index contributed by atoms with van der Waals surface area (Å²) >= 11 is 1.46. The van der Waals surface area contributed by atoms with Crippen LogP contribution in [0.3, 0.4) is 0 Å². The minimum atomic E-state index is 0. The minimum absolute atomic E-state index is 0. The zero-order valence-electron chi connectivity index (χ0n) is 20.5. The molecule has 3 aromatic rings. The Morgan fingerprint density at radius 2 is 1.38 bits per heavy atom. The van der Waals surface area contributed by atoms with E-state index in [0.29, 0.717) is 5.41 Å². The van der Waals surface area contributed by atoms with Gasteiger partial charge in [-0.3, -0.25) is 6.08 Å². The van der Waals surface area contributed by atoms with E-state index in [1.165, 1.54) is 69.8 Å². The molecule has 0 amide bonds. The fourth-order valence-corrected chi connectivity index (χ4v) is 4.73. The van der Waals surface area contributed by atoms with Crippen LogP contribution in [0.15, 0.2) is 96.6 Å². The van der Waals surface area contributed by atoms with Gasteiger partial charge in [-0.1, -0.05) is 51.9 Å². The van der Waals surface area contributed by atoms with Gasteiger partial charge in [-0.05, 0) is 0 Å². The van der Waals surface area contributed by atoms with E-state index in [-0.39, 0.29) is 24.8 Å². The molecule has 0 fully saturated rings. The maximum Gasteiger partial charge on any atom is -0.0512 e. The van der Waals surface area contributed by atoms with Crippen molar-refractivity contribution in [1.82, 2.24) is 0 Å². The van der Waals surface area contributed by atoms with Crippen molar-refractivity contribution >= 4 is 3.21 Å². The summed E-state index contributed by atoms with van der Waals surface area (Å²) in [5.74, 6) is 0. The first-order valence-electron chi connectivity index (χ1n) is 11.7. The van der Waals surface area contributed by atoms with Crippen LogP contribution in [0, 0.1) is 11.5 Å². The molecule has 0 saturated carbocycles. The second kappa shape index (κ2) is 15.6. The van der Waals surface area contributed by atoms with Crippen molar-refractivity contribution < 1.29 is 49.0 Å². The van der Waals surface area contributed by atoms with Crippen molar-refractivity contribution in [2.24, 2.45) is 5.41 Å². The molecule has 3 aromatic carbocycles. The third-order valence-corrected chi connectivity index (χ3v) is 7.26. The van der Waals surface area contributed by atoms with Gasteiger partial charge in [0.15, 0.2) is 0 Å². The first-order chi connectivity index (χ1) is 15.4. The van der Waals surface area contributed by atoms with Crippen molar-refractivity contribution in [3.8, 4) is 0 Å². The molecule has 2 aliphatic carbocycles. The standard InChI is InChI=1S/C13H10.C9H11.C9H13.2ClH.Zr/c1-3-7-12(8-4-1)11-13-9-5-2-6-10-13;1-2-5-9-7-3-6-8(9)4-1;1-9(2,3)8-6-4-5-7-8;;;/h1-10H;3,6-7H,1-2,4-5H2;6-7H,4H2,1-3H3;2*1H;/q;2*-1;;;+2/p-2. The molecule has 34 heavy (non-hydrogen) atoms. The van der Waals surface area contributed by atoms with Crippen molar-refractivity contribution in [3.05, 3.63) is 125 Å². The van der Waals surface area contributed by atoms with Crippen LogP contribution >= 0.6 is 0 Å². The number of rotatable bonds is 2. The van der Waals surface area contributed by atoms with Crippen LogP contribution in [-0.4, -0.2) is 3.21 Å². The molecule has 0 heterocycles. The van der Waals surface area contributed by atoms with Crippen molar-refractivity contribution in [2.45, 2.75) is 52.9 Å². The molecule has 0 radical (unpaired) electrons. The molecule has 178 valence electrons. The van der Waals surface area contributed by atoms with Gasteiger partial charge in [0.2, 0.25) is 0 Å². The van der Waals surface area contributed by atoms with E-state index in [9.17, 15) is 0 Å². The summed E-state index contributed by atoms with van der Waals surface area (Å²) in [6, 6.07) is 27.8. The van der Waals surface area contributed by atoms with Crippen molar-refractivity contribution in [2.75, 3.05) is 0 Å². The molecule has 0 saturated heterocycles. The van der Waals surface area contributed by atoms with Gasteiger partial charge in [-0.25, -0.2) is 12.1 Å². The topological polar surface area (TPSA) is 0 Å². The molecule has 0 nitrogen and oxygen atoms in total. The Kier molecular flexibility index (Phi) is 14.0. The van der Waals surface area contributed by atoms with Gasteiger partial charge in [0.1, 0.15) is 0 Å². The number of hydrogen-bond donors (Lipinski definition) is 0. The summed E-state index contributed by atoms with van der Waals surface area (Å²) in [5, 5.41) is 0. The first kappa shape index (κ1) is 30.6. The van der Waals surface area contributed by atoms with E-state index < -0.39 is 0 Å². The SMILES string of the molecule is CC(C)(C)C1=CC[C-]=C1.[Cl-].[Cl-].[Zr+2]=[C](c1ccccc1)c1ccccc1.c1cc2c([cH-]1)CCCC2. The second-order valence-electron chi connectivity index (χ2n) is 9.35. The van der Waals surface area contributed by atoms with E-state index in [1.54, 1.807) is 11.1 Å². The van der Waals surface area contributed by atoms with E-state index in [0.717, 1.165) is 6.42 Å². The van der Waals surface area contributed by atoms with Crippen LogP contribution in [0.1, 0.15) is 62.3 Å². The molecule has 0 unspecified atom stereocenters. The van der Waals surface area contributed by atoms with Gasteiger partial charge in [0.25, 0.3) is 0 Å². The van der Waals surface area contributed by atoms with Gasteiger partial charge < -0.3 is 24.8 Å². The smallest absolute Gasteiger partial charge is 0.0512 e. The molecule has 0 aliphatic heterocycles. The first-order valence-corrected chi connectivity index (χ1v) is 12.9. The van der Waals surface area contributed by atoms with Crippen LogP contribution in [0.25, 0.3) is 0 Å². The largest absolute Gasteiger partial charge is 0.210 e. The average molecular weight is 569 g/mol. The molecule has 0 aromatic heterocycles. The summed E-state index contributed by atoms with van der Waals surface area (Å²) in [4.78, 5) is 0. The number of hydrogen-bond acceptors (Lipinski definition) is 0. The zero-order valence-corrected chi connectivity index (χ0v) is 24.4. The fourth-order valence-electron chi connectivity index (χ4n) is 3.91. The Morgan fingerprint density at radius 3 is 1.82 bits per heavy atom. The summed E-state index contributed by atoms with van der Waals surface area (Å²) in [6.45, 7) is 6.67. The number of benzene rings is 2. The third kappa shape index (κ3) is 9.69. The number of aryl methyl sites for hydroxylation is 2. The predicted molar refractivity (Wildman–Crippen MR) is 135 cm³/mol. The Balaban J connectivity index is 0.000000257. The molecule has 0 spiro atoms. The quantitative estimate of drug-likeness (QED) is 0.414. The zero-order chi connectivity index (χ0) is 22.8. The Bertz CT molecular complexity index is 976. The summed E-state index contributed by atoms with van der Waals surface area (Å²) in [5.41, 5.74) is 7.60. The summed E-state index contributed by atoms with van der Waals surface area (Å²) in [6.07, 6.45) is 13.9. The second-order valence-corrected chi connectivity index (χ2v) is 10.6. The molecule has 0 bridgehead atoms. The molecule has 2 aliphatic rings. The molecule has 5 rings (SSSR count). The van der Waals surface area contributed by atoms with Crippen LogP contribution in [0.4, 0.5) is 0 Å². The normalized spacial score (nSPS) is 13.5. The van der Waals surface area contributed by atoms with E-state index in [4.69, 9.17) is 0 Å². The minimum Gasteiger partial charge on any atom is -0.210 e. The summed E-state index contributed by atoms with van der Waals surface area (Å²) < 4.78 is 1.42. The van der Waals surface area contributed by atoms with Crippen molar-refractivity contribution in [3.63, 3.8) is 0 Å². The number of fused-ring (bicyclic) bond motifs is 1. The van der Waals surface area contributed by atoms with Crippen molar-refractivity contribution in [1.29, 1.82) is 0 Å². The van der Waals surface area contributed by atoms with Crippen LogP contribution in [-0.2, 0) is 37.1 Å². The van der Waals surface area contributed by atoms with E-state index in [1.807, 2.05) is 0 Å². The van der Waals surface area contributed by atoms with Gasteiger partial charge >= 0.3 is 99.2 Å². The predicted octanol–water partition coefficient (Wildman–Crippen LogP) is 1.82. The van der Waals surface area contributed by atoms with E-state index in [2.05, 4.69) is 118 Å². The van der Waals surface area contributed by atoms with Crippen LogP contribution in [0.2, 0.25) is 0 Å². The monoisotopic (exact) mass is 566 g/mol. The maximum atomic E-state index is 3.16. The number of allylic oxidation sites excluding steroid dienone is 4. The molecular formula is C31H34Cl2Zr-2. The van der Waals surface area contributed by atoms with Gasteiger partial charge in [-0.15, -0.1) is 6.42 Å². The molecular weight excluding hydrogens is 534 g/mol. The van der Waals surface area contributed by atoms with Gasteiger partial charge in [0.05, 0.1) is 0 Å². The van der Waals surface area contributed by atoms with Crippen LogP contribution < -0.4 is 24.8 Å². The molecule has 0 atom stereocenters. The summed E-state index contributed by atoms with van der Waals surface area (Å²) in [7, 11) is 0.